The zero-order chi connectivity index (χ0) is 18.4. The predicted molar refractivity (Wildman–Crippen MR) is 102 cm³/mol. The number of amides is 1. The highest BCUT2D eigenvalue weighted by atomic mass is 35.5. The second kappa shape index (κ2) is 8.75. The van der Waals surface area contributed by atoms with Crippen LogP contribution in [-0.2, 0) is 4.18 Å². The van der Waals surface area contributed by atoms with Gasteiger partial charge in [0.05, 0.1) is 12.8 Å². The number of benzene rings is 2. The molecule has 0 saturated heterocycles. The fourth-order valence-corrected chi connectivity index (χ4v) is 2.65. The van der Waals surface area contributed by atoms with Gasteiger partial charge in [-0.15, -0.1) is 0 Å². The smallest absolute Gasteiger partial charge is 0.271 e. The third-order valence-electron chi connectivity index (χ3n) is 3.33. The summed E-state index contributed by atoms with van der Waals surface area (Å²) in [5.74, 6) is -0.321. The molecule has 2 rings (SSSR count). The molecule has 0 atom stereocenters. The number of phenolic OH excluding ortho intramolecular Hbond substituents is 1. The van der Waals surface area contributed by atoms with Crippen molar-refractivity contribution in [2.45, 2.75) is 6.92 Å². The van der Waals surface area contributed by atoms with E-state index in [1.165, 1.54) is 6.07 Å². The Morgan fingerprint density at radius 2 is 2.08 bits per heavy atom. The topological polar surface area (TPSA) is 74.2 Å². The molecule has 0 fully saturated rings. The quantitative estimate of drug-likeness (QED) is 0.345. The van der Waals surface area contributed by atoms with Gasteiger partial charge in [-0.3, -0.25) is 9.10 Å². The van der Waals surface area contributed by atoms with Crippen LogP contribution in [0.2, 0.25) is 5.02 Å². The van der Waals surface area contributed by atoms with Gasteiger partial charge in [0.1, 0.15) is 18.0 Å². The van der Waals surface area contributed by atoms with Crippen LogP contribution in [0, 0.1) is 0 Å². The number of carbonyl (C=O) groups excluding carboxylic acids is 1. The molecule has 0 bridgehead atoms. The molecule has 2 aromatic carbocycles. The van der Waals surface area contributed by atoms with Crippen molar-refractivity contribution in [3.63, 3.8) is 0 Å². The van der Waals surface area contributed by atoms with E-state index in [-0.39, 0.29) is 11.7 Å². The van der Waals surface area contributed by atoms with E-state index in [1.54, 1.807) is 48.7 Å². The van der Waals surface area contributed by atoms with E-state index in [0.29, 0.717) is 21.9 Å². The molecule has 0 aliphatic carbocycles. The van der Waals surface area contributed by atoms with Gasteiger partial charge in [-0.2, -0.15) is 5.10 Å². The second-order valence-electron chi connectivity index (χ2n) is 5.09. The monoisotopic (exact) mass is 379 g/mol. The van der Waals surface area contributed by atoms with E-state index in [1.807, 2.05) is 13.1 Å². The number of nitrogens with one attached hydrogen (secondary N) is 1. The van der Waals surface area contributed by atoms with Crippen LogP contribution < -0.4 is 9.73 Å². The summed E-state index contributed by atoms with van der Waals surface area (Å²) in [5, 5.41) is 14.4. The molecule has 1 amide bonds. The average molecular weight is 380 g/mol. The van der Waals surface area contributed by atoms with Gasteiger partial charge in [-0.05, 0) is 43.3 Å². The first-order valence-electron chi connectivity index (χ1n) is 7.30. The van der Waals surface area contributed by atoms with Crippen molar-refractivity contribution in [2.75, 3.05) is 18.5 Å². The Morgan fingerprint density at radius 1 is 1.32 bits per heavy atom. The van der Waals surface area contributed by atoms with Gasteiger partial charge < -0.3 is 9.29 Å². The normalized spacial score (nSPS) is 11.3. The van der Waals surface area contributed by atoms with E-state index in [2.05, 4.69) is 10.5 Å². The van der Waals surface area contributed by atoms with E-state index >= 15 is 0 Å². The number of aromatic hydroxyl groups is 1. The Labute approximate surface area is 155 Å². The summed E-state index contributed by atoms with van der Waals surface area (Å²) in [6.07, 6.45) is 0. The van der Waals surface area contributed by atoms with Crippen LogP contribution in [0.1, 0.15) is 22.8 Å². The fourth-order valence-electron chi connectivity index (χ4n) is 2.06. The molecule has 0 unspecified atom stereocenters. The maximum absolute atomic E-state index is 12.3. The molecule has 8 heteroatoms. The zero-order valence-electron chi connectivity index (χ0n) is 14.0. The number of hydrogen-bond donors (Lipinski definition) is 2. The molecule has 132 valence electrons. The average Bonchev–Trinajstić information content (AvgIpc) is 2.61. The van der Waals surface area contributed by atoms with Gasteiger partial charge in [0.25, 0.3) is 5.91 Å². The molecule has 6 nitrogen and oxygen atoms in total. The predicted octanol–water partition coefficient (Wildman–Crippen LogP) is 3.85. The lowest BCUT2D eigenvalue weighted by Gasteiger charge is -2.15. The van der Waals surface area contributed by atoms with Gasteiger partial charge in [0.15, 0.2) is 0 Å². The molecule has 2 aromatic rings. The molecule has 0 aliphatic heterocycles. The molecule has 25 heavy (non-hydrogen) atoms. The Balaban J connectivity index is 2.14. The maximum Gasteiger partial charge on any atom is 0.271 e. The summed E-state index contributed by atoms with van der Waals surface area (Å²) in [6, 6.07) is 11.7. The lowest BCUT2D eigenvalue weighted by atomic mass is 10.1. The molecule has 0 spiro atoms. The van der Waals surface area contributed by atoms with Gasteiger partial charge >= 0.3 is 0 Å². The first-order valence-corrected chi connectivity index (χ1v) is 8.38. The highest BCUT2D eigenvalue weighted by Gasteiger charge is 2.10. The summed E-state index contributed by atoms with van der Waals surface area (Å²) in [5.41, 5.74) is 4.64. The number of phenols is 1. The number of anilines is 1. The van der Waals surface area contributed by atoms with Crippen LogP contribution >= 0.6 is 23.8 Å². The Kier molecular flexibility index (Phi) is 6.69. The number of hydrazone groups is 1. The second-order valence-corrected chi connectivity index (χ2v) is 6.56. The summed E-state index contributed by atoms with van der Waals surface area (Å²) in [6.45, 7) is 1.67. The number of carbonyl (C=O) groups is 1. The van der Waals surface area contributed by atoms with Crippen LogP contribution in [-0.4, -0.2) is 30.9 Å². The third kappa shape index (κ3) is 5.12. The number of halogens is 1. The van der Waals surface area contributed by atoms with Crippen molar-refractivity contribution in [3.8, 4) is 5.75 Å². The first-order chi connectivity index (χ1) is 11.9. The van der Waals surface area contributed by atoms with Gasteiger partial charge in [0.2, 0.25) is 0 Å². The van der Waals surface area contributed by atoms with Crippen LogP contribution in [0.3, 0.4) is 0 Å². The van der Waals surface area contributed by atoms with Crippen LogP contribution in [0.15, 0.2) is 47.6 Å². The minimum Gasteiger partial charge on any atom is -0.507 e. The molecule has 0 radical (unpaired) electrons. The van der Waals surface area contributed by atoms with E-state index < -0.39 is 0 Å². The van der Waals surface area contributed by atoms with Crippen LogP contribution in [0.4, 0.5) is 5.69 Å². The standard InChI is InChI=1S/C17H18ClN3O3S/c1-11(15-10-13(18)7-8-16(15)22)19-20-17(23)12-5-4-6-14(9-12)21(2)25-24-3/h4-10,22H,1-3H3,(H,20,23)/b19-11+. The minimum atomic E-state index is -0.362. The van der Waals surface area contributed by atoms with E-state index in [9.17, 15) is 9.90 Å². The van der Waals surface area contributed by atoms with Gasteiger partial charge in [0, 0.05) is 28.9 Å². The van der Waals surface area contributed by atoms with Gasteiger partial charge in [-0.1, -0.05) is 17.7 Å². The van der Waals surface area contributed by atoms with Crippen LogP contribution in [0.5, 0.6) is 5.75 Å². The number of nitrogens with zero attached hydrogens (tertiary/aromatic N) is 2. The SMILES string of the molecule is COSN(C)c1cccc(C(=O)N/N=C(\C)c2cc(Cl)ccc2O)c1. The van der Waals surface area contributed by atoms with Crippen molar-refractivity contribution < 1.29 is 14.1 Å². The van der Waals surface area contributed by atoms with Crippen molar-refractivity contribution >= 4 is 41.1 Å². The molecule has 0 aliphatic rings. The minimum absolute atomic E-state index is 0.0418. The van der Waals surface area contributed by atoms with Crippen molar-refractivity contribution in [3.05, 3.63) is 58.6 Å². The highest BCUT2D eigenvalue weighted by Crippen LogP contribution is 2.23. The van der Waals surface area contributed by atoms with Crippen molar-refractivity contribution in [1.82, 2.24) is 5.43 Å². The molecule has 0 heterocycles. The number of hydrogen-bond acceptors (Lipinski definition) is 6. The van der Waals surface area contributed by atoms with E-state index in [4.69, 9.17) is 15.8 Å². The summed E-state index contributed by atoms with van der Waals surface area (Å²) < 4.78 is 6.78. The van der Waals surface area contributed by atoms with Crippen molar-refractivity contribution in [2.24, 2.45) is 5.10 Å². The molecule has 2 N–H and O–H groups in total. The van der Waals surface area contributed by atoms with Crippen molar-refractivity contribution in [1.29, 1.82) is 0 Å². The Hall–Kier alpha value is -2.22. The zero-order valence-corrected chi connectivity index (χ0v) is 15.6. The third-order valence-corrected chi connectivity index (χ3v) is 4.15. The first kappa shape index (κ1) is 19.1. The summed E-state index contributed by atoms with van der Waals surface area (Å²) in [7, 11) is 3.40. The lowest BCUT2D eigenvalue weighted by Crippen LogP contribution is -2.20. The summed E-state index contributed by atoms with van der Waals surface area (Å²) in [4.78, 5) is 12.3. The maximum atomic E-state index is 12.3. The molecular weight excluding hydrogens is 362 g/mol. The largest absolute Gasteiger partial charge is 0.507 e. The molecular formula is C17H18ClN3O3S. The Bertz CT molecular complexity index is 798. The molecule has 0 saturated carbocycles. The number of rotatable bonds is 6. The van der Waals surface area contributed by atoms with E-state index in [0.717, 1.165) is 17.9 Å². The fraction of sp³-hybridized carbons (Fsp3) is 0.176. The Morgan fingerprint density at radius 3 is 2.80 bits per heavy atom. The van der Waals surface area contributed by atoms with Crippen LogP contribution in [0.25, 0.3) is 0 Å². The molecule has 0 aromatic heterocycles. The summed E-state index contributed by atoms with van der Waals surface area (Å²) >= 11 is 7.08. The highest BCUT2D eigenvalue weighted by molar-refractivity contribution is 7.96. The lowest BCUT2D eigenvalue weighted by molar-refractivity contribution is 0.0955. The van der Waals surface area contributed by atoms with Gasteiger partial charge in [-0.25, -0.2) is 5.43 Å².